The Bertz CT molecular complexity index is 784. The molecule has 1 amide bonds. The molecule has 1 unspecified atom stereocenters. The predicted molar refractivity (Wildman–Crippen MR) is 97.2 cm³/mol. The van der Waals surface area contributed by atoms with E-state index in [1.807, 2.05) is 43.0 Å². The van der Waals surface area contributed by atoms with Crippen molar-refractivity contribution in [2.75, 3.05) is 19.6 Å². The Morgan fingerprint density at radius 1 is 1.20 bits per heavy atom. The molecule has 0 saturated carbocycles. The SMILES string of the molecule is CC(NC(=O)CN1C[C@@H](C)[C@H](C(=O)O)C1)c1cccc2ccccc12. The quantitative estimate of drug-likeness (QED) is 0.878. The second-order valence-electron chi connectivity index (χ2n) is 6.97. The number of carboxylic acid groups (broad SMARTS) is 1. The highest BCUT2D eigenvalue weighted by Gasteiger charge is 2.35. The highest BCUT2D eigenvalue weighted by Crippen LogP contribution is 2.25. The summed E-state index contributed by atoms with van der Waals surface area (Å²) in [7, 11) is 0. The Morgan fingerprint density at radius 2 is 1.92 bits per heavy atom. The van der Waals surface area contributed by atoms with Gasteiger partial charge in [0.15, 0.2) is 0 Å². The van der Waals surface area contributed by atoms with Crippen molar-refractivity contribution in [2.45, 2.75) is 19.9 Å². The fourth-order valence-corrected chi connectivity index (χ4v) is 3.71. The predicted octanol–water partition coefficient (Wildman–Crippen LogP) is 2.67. The van der Waals surface area contributed by atoms with Gasteiger partial charge in [0.2, 0.25) is 5.91 Å². The summed E-state index contributed by atoms with van der Waals surface area (Å²) in [4.78, 5) is 25.5. The molecule has 1 saturated heterocycles. The van der Waals surface area contributed by atoms with Crippen molar-refractivity contribution >= 4 is 22.6 Å². The van der Waals surface area contributed by atoms with Crippen molar-refractivity contribution < 1.29 is 14.7 Å². The Kier molecular flexibility index (Phi) is 5.04. The van der Waals surface area contributed by atoms with E-state index in [9.17, 15) is 14.7 Å². The van der Waals surface area contributed by atoms with Gasteiger partial charge in [-0.3, -0.25) is 14.5 Å². The van der Waals surface area contributed by atoms with Gasteiger partial charge in [-0.1, -0.05) is 49.4 Å². The van der Waals surface area contributed by atoms with Crippen LogP contribution in [0.15, 0.2) is 42.5 Å². The van der Waals surface area contributed by atoms with E-state index in [-0.39, 0.29) is 30.3 Å². The fourth-order valence-electron chi connectivity index (χ4n) is 3.71. The van der Waals surface area contributed by atoms with Gasteiger partial charge in [0, 0.05) is 13.1 Å². The number of carbonyl (C=O) groups excluding carboxylic acids is 1. The van der Waals surface area contributed by atoms with Crippen LogP contribution in [-0.4, -0.2) is 41.5 Å². The van der Waals surface area contributed by atoms with E-state index in [0.29, 0.717) is 13.1 Å². The number of aliphatic carboxylic acids is 1. The third kappa shape index (κ3) is 3.82. The van der Waals surface area contributed by atoms with E-state index >= 15 is 0 Å². The molecule has 3 rings (SSSR count). The zero-order chi connectivity index (χ0) is 18.0. The number of carbonyl (C=O) groups is 2. The van der Waals surface area contributed by atoms with Crippen molar-refractivity contribution in [1.29, 1.82) is 0 Å². The van der Waals surface area contributed by atoms with E-state index < -0.39 is 5.97 Å². The molecule has 0 radical (unpaired) electrons. The standard InChI is InChI=1S/C20H24N2O3/c1-13-10-22(11-18(13)20(24)25)12-19(23)21-14(2)16-9-5-7-15-6-3-4-8-17(15)16/h3-9,13-14,18H,10-12H2,1-2H3,(H,21,23)(H,24,25)/t13-,14?,18-/m1/s1. The normalized spacial score (nSPS) is 22.0. The Morgan fingerprint density at radius 3 is 2.64 bits per heavy atom. The molecule has 2 aromatic carbocycles. The molecule has 0 spiro atoms. The van der Waals surface area contributed by atoms with Gasteiger partial charge in [0.05, 0.1) is 18.5 Å². The summed E-state index contributed by atoms with van der Waals surface area (Å²) in [6, 6.07) is 14.1. The number of hydrogen-bond donors (Lipinski definition) is 2. The minimum absolute atomic E-state index is 0.0702. The average Bonchev–Trinajstić information content (AvgIpc) is 2.94. The lowest BCUT2D eigenvalue weighted by molar-refractivity contribution is -0.142. The molecule has 0 bridgehead atoms. The van der Waals surface area contributed by atoms with Crippen LogP contribution in [-0.2, 0) is 9.59 Å². The molecular weight excluding hydrogens is 316 g/mol. The van der Waals surface area contributed by atoms with Crippen LogP contribution in [0, 0.1) is 11.8 Å². The maximum absolute atomic E-state index is 12.4. The van der Waals surface area contributed by atoms with Gasteiger partial charge in [-0.2, -0.15) is 0 Å². The molecule has 5 nitrogen and oxygen atoms in total. The van der Waals surface area contributed by atoms with Crippen LogP contribution in [0.2, 0.25) is 0 Å². The van der Waals surface area contributed by atoms with Crippen molar-refractivity contribution in [3.8, 4) is 0 Å². The first kappa shape index (κ1) is 17.4. The van der Waals surface area contributed by atoms with Crippen molar-refractivity contribution in [2.24, 2.45) is 11.8 Å². The summed E-state index contributed by atoms with van der Waals surface area (Å²) in [6.45, 7) is 5.23. The minimum atomic E-state index is -0.778. The van der Waals surface area contributed by atoms with E-state index in [2.05, 4.69) is 23.5 Å². The number of carboxylic acids is 1. The number of hydrogen-bond acceptors (Lipinski definition) is 3. The van der Waals surface area contributed by atoms with Crippen molar-refractivity contribution in [1.82, 2.24) is 10.2 Å². The zero-order valence-electron chi connectivity index (χ0n) is 14.6. The molecule has 1 aliphatic heterocycles. The Hall–Kier alpha value is -2.40. The lowest BCUT2D eigenvalue weighted by Gasteiger charge is -2.20. The van der Waals surface area contributed by atoms with Gasteiger partial charge in [0.25, 0.3) is 0 Å². The molecule has 132 valence electrons. The van der Waals surface area contributed by atoms with Crippen LogP contribution < -0.4 is 5.32 Å². The largest absolute Gasteiger partial charge is 0.481 e. The molecule has 3 atom stereocenters. The van der Waals surface area contributed by atoms with Crippen LogP contribution in [0.25, 0.3) is 10.8 Å². The number of likely N-dealkylation sites (tertiary alicyclic amines) is 1. The van der Waals surface area contributed by atoms with Gasteiger partial charge < -0.3 is 10.4 Å². The summed E-state index contributed by atoms with van der Waals surface area (Å²) < 4.78 is 0. The highest BCUT2D eigenvalue weighted by atomic mass is 16.4. The van der Waals surface area contributed by atoms with E-state index in [4.69, 9.17) is 0 Å². The molecule has 2 N–H and O–H groups in total. The number of nitrogens with zero attached hydrogens (tertiary/aromatic N) is 1. The number of amides is 1. The van der Waals surface area contributed by atoms with Gasteiger partial charge >= 0.3 is 5.97 Å². The number of nitrogens with one attached hydrogen (secondary N) is 1. The monoisotopic (exact) mass is 340 g/mol. The summed E-state index contributed by atoms with van der Waals surface area (Å²) >= 11 is 0. The van der Waals surface area contributed by atoms with Crippen LogP contribution in [0.4, 0.5) is 0 Å². The summed E-state index contributed by atoms with van der Waals surface area (Å²) in [5.41, 5.74) is 1.09. The summed E-state index contributed by atoms with van der Waals surface area (Å²) in [5.74, 6) is -1.16. The first-order chi connectivity index (χ1) is 12.0. The van der Waals surface area contributed by atoms with Gasteiger partial charge in [-0.05, 0) is 29.2 Å². The molecule has 5 heteroatoms. The van der Waals surface area contributed by atoms with E-state index in [0.717, 1.165) is 16.3 Å². The fraction of sp³-hybridized carbons (Fsp3) is 0.400. The number of rotatable bonds is 5. The molecule has 1 aliphatic rings. The summed E-state index contributed by atoms with van der Waals surface area (Å²) in [5, 5.41) is 14.5. The smallest absolute Gasteiger partial charge is 0.308 e. The van der Waals surface area contributed by atoms with Crippen LogP contribution in [0.3, 0.4) is 0 Å². The Balaban J connectivity index is 1.64. The average molecular weight is 340 g/mol. The molecule has 0 aromatic heterocycles. The first-order valence-electron chi connectivity index (χ1n) is 8.68. The lowest BCUT2D eigenvalue weighted by atomic mass is 9.99. The third-order valence-corrected chi connectivity index (χ3v) is 5.04. The highest BCUT2D eigenvalue weighted by molar-refractivity contribution is 5.87. The molecule has 0 aliphatic carbocycles. The lowest BCUT2D eigenvalue weighted by Crippen LogP contribution is -2.37. The van der Waals surface area contributed by atoms with Crippen LogP contribution in [0.5, 0.6) is 0 Å². The van der Waals surface area contributed by atoms with Crippen molar-refractivity contribution in [3.63, 3.8) is 0 Å². The topological polar surface area (TPSA) is 69.6 Å². The first-order valence-corrected chi connectivity index (χ1v) is 8.68. The molecule has 1 fully saturated rings. The number of benzene rings is 2. The third-order valence-electron chi connectivity index (χ3n) is 5.04. The number of fused-ring (bicyclic) bond motifs is 1. The van der Waals surface area contributed by atoms with E-state index in [1.54, 1.807) is 0 Å². The molecule has 25 heavy (non-hydrogen) atoms. The molecule has 1 heterocycles. The van der Waals surface area contributed by atoms with Gasteiger partial charge in [0.1, 0.15) is 0 Å². The molecular formula is C20H24N2O3. The maximum Gasteiger partial charge on any atom is 0.308 e. The van der Waals surface area contributed by atoms with Gasteiger partial charge in [-0.25, -0.2) is 0 Å². The second kappa shape index (κ2) is 7.23. The van der Waals surface area contributed by atoms with Crippen molar-refractivity contribution in [3.05, 3.63) is 48.0 Å². The van der Waals surface area contributed by atoms with Gasteiger partial charge in [-0.15, -0.1) is 0 Å². The summed E-state index contributed by atoms with van der Waals surface area (Å²) in [6.07, 6.45) is 0. The van der Waals surface area contributed by atoms with E-state index in [1.165, 1.54) is 0 Å². The van der Waals surface area contributed by atoms with Crippen LogP contribution in [0.1, 0.15) is 25.5 Å². The minimum Gasteiger partial charge on any atom is -0.481 e. The second-order valence-corrected chi connectivity index (χ2v) is 6.97. The molecule has 2 aromatic rings. The van der Waals surface area contributed by atoms with Crippen LogP contribution >= 0.6 is 0 Å². The Labute approximate surface area is 147 Å². The maximum atomic E-state index is 12.4. The zero-order valence-corrected chi connectivity index (χ0v) is 14.6.